The number of carbonyl (C=O) groups is 3. The van der Waals surface area contributed by atoms with Gasteiger partial charge in [-0.2, -0.15) is 0 Å². The summed E-state index contributed by atoms with van der Waals surface area (Å²) in [5, 5.41) is 6.60. The van der Waals surface area contributed by atoms with Gasteiger partial charge in [-0.3, -0.25) is 14.4 Å². The topological polar surface area (TPSA) is 100 Å². The molecule has 9 nitrogen and oxygen atoms in total. The van der Waals surface area contributed by atoms with E-state index in [9.17, 15) is 14.4 Å². The highest BCUT2D eigenvalue weighted by molar-refractivity contribution is 6.01. The average molecular weight is 547 g/mol. The van der Waals surface area contributed by atoms with E-state index in [1.54, 1.807) is 12.0 Å². The number of rotatable bonds is 9. The van der Waals surface area contributed by atoms with Crippen LogP contribution in [0.4, 0.5) is 11.4 Å². The van der Waals surface area contributed by atoms with Gasteiger partial charge in [0, 0.05) is 51.1 Å². The fraction of sp³-hybridized carbons (Fsp3) is 0.516. The molecule has 2 fully saturated rings. The van der Waals surface area contributed by atoms with Crippen LogP contribution in [0.1, 0.15) is 36.8 Å². The second-order valence-corrected chi connectivity index (χ2v) is 11.4. The molecule has 1 saturated heterocycles. The van der Waals surface area contributed by atoms with Gasteiger partial charge in [-0.05, 0) is 67.9 Å². The van der Waals surface area contributed by atoms with Crippen molar-refractivity contribution in [1.82, 2.24) is 10.6 Å². The summed E-state index contributed by atoms with van der Waals surface area (Å²) in [6.07, 6.45) is 4.83. The molecule has 4 aliphatic rings. The van der Waals surface area contributed by atoms with Crippen molar-refractivity contribution in [3.8, 4) is 5.75 Å². The molecule has 6 rings (SSSR count). The number of hydrogen-bond donors (Lipinski definition) is 2. The molecule has 0 bridgehead atoms. The highest BCUT2D eigenvalue weighted by Crippen LogP contribution is 2.40. The van der Waals surface area contributed by atoms with E-state index in [2.05, 4.69) is 22.8 Å². The summed E-state index contributed by atoms with van der Waals surface area (Å²) in [7, 11) is 1.65. The first-order valence-electron chi connectivity index (χ1n) is 14.5. The van der Waals surface area contributed by atoms with Gasteiger partial charge in [0.15, 0.2) is 6.61 Å². The summed E-state index contributed by atoms with van der Waals surface area (Å²) in [5.74, 6) is 0.0670. The number of fused-ring (bicyclic) bond motifs is 2. The van der Waals surface area contributed by atoms with Gasteiger partial charge in [0.05, 0.1) is 17.5 Å². The summed E-state index contributed by atoms with van der Waals surface area (Å²) in [4.78, 5) is 43.6. The van der Waals surface area contributed by atoms with Crippen LogP contribution in [0.15, 0.2) is 42.5 Å². The van der Waals surface area contributed by atoms with E-state index < -0.39 is 0 Å². The van der Waals surface area contributed by atoms with E-state index >= 15 is 0 Å². The molecule has 1 saturated carbocycles. The van der Waals surface area contributed by atoms with Crippen molar-refractivity contribution >= 4 is 29.1 Å². The van der Waals surface area contributed by atoms with Crippen LogP contribution in [0, 0.1) is 11.8 Å². The molecule has 0 aromatic heterocycles. The van der Waals surface area contributed by atoms with Crippen LogP contribution in [0.5, 0.6) is 5.75 Å². The van der Waals surface area contributed by atoms with Gasteiger partial charge in [0.1, 0.15) is 5.75 Å². The fourth-order valence-electron chi connectivity index (χ4n) is 6.31. The SMILES string of the molecule is COCCCN1C(=O)COc2ccc(N(C(=O)[C@H]3CNC[C@@H](C(=O)NC4Cc5ccccc5C4)C3)C3CC3)cc21. The van der Waals surface area contributed by atoms with Crippen LogP contribution >= 0.6 is 0 Å². The fourth-order valence-corrected chi connectivity index (χ4v) is 6.31. The molecule has 2 heterocycles. The number of benzene rings is 2. The monoisotopic (exact) mass is 546 g/mol. The van der Waals surface area contributed by atoms with Gasteiger partial charge in [0.2, 0.25) is 11.8 Å². The number of ether oxygens (including phenoxy) is 2. The third kappa shape index (κ3) is 5.58. The van der Waals surface area contributed by atoms with E-state index in [1.807, 2.05) is 35.2 Å². The second kappa shape index (κ2) is 11.6. The number of piperidine rings is 1. The molecule has 2 aromatic carbocycles. The Balaban J connectivity index is 1.14. The first-order valence-corrected chi connectivity index (χ1v) is 14.5. The maximum atomic E-state index is 14.0. The summed E-state index contributed by atoms with van der Waals surface area (Å²) < 4.78 is 10.9. The first-order chi connectivity index (χ1) is 19.5. The van der Waals surface area contributed by atoms with Crippen molar-refractivity contribution in [3.05, 3.63) is 53.6 Å². The molecule has 2 aliphatic heterocycles. The zero-order chi connectivity index (χ0) is 27.6. The molecule has 0 radical (unpaired) electrons. The lowest BCUT2D eigenvalue weighted by atomic mass is 9.88. The molecular formula is C31H38N4O5. The van der Waals surface area contributed by atoms with Crippen LogP contribution in [0.3, 0.4) is 0 Å². The van der Waals surface area contributed by atoms with E-state index in [0.29, 0.717) is 50.5 Å². The Morgan fingerprint density at radius 1 is 1.10 bits per heavy atom. The number of methoxy groups -OCH3 is 1. The number of anilines is 2. The number of carbonyl (C=O) groups excluding carboxylic acids is 3. The van der Waals surface area contributed by atoms with Crippen LogP contribution < -0.4 is 25.2 Å². The Kier molecular flexibility index (Phi) is 7.76. The lowest BCUT2D eigenvalue weighted by Crippen LogP contribution is -2.51. The van der Waals surface area contributed by atoms with Crippen molar-refractivity contribution in [1.29, 1.82) is 0 Å². The minimum atomic E-state index is -0.294. The normalized spacial score (nSPS) is 22.3. The van der Waals surface area contributed by atoms with Crippen molar-refractivity contribution in [2.24, 2.45) is 11.8 Å². The van der Waals surface area contributed by atoms with Gasteiger partial charge in [0.25, 0.3) is 5.91 Å². The van der Waals surface area contributed by atoms with Crippen LogP contribution in [0.2, 0.25) is 0 Å². The molecular weight excluding hydrogens is 508 g/mol. The Morgan fingerprint density at radius 2 is 1.85 bits per heavy atom. The molecule has 9 heteroatoms. The molecule has 0 spiro atoms. The summed E-state index contributed by atoms with van der Waals surface area (Å²) in [5.41, 5.74) is 4.07. The predicted molar refractivity (Wildman–Crippen MR) is 152 cm³/mol. The molecule has 2 N–H and O–H groups in total. The Labute approximate surface area is 235 Å². The molecule has 2 aliphatic carbocycles. The highest BCUT2D eigenvalue weighted by atomic mass is 16.5. The Morgan fingerprint density at radius 3 is 2.58 bits per heavy atom. The molecule has 3 amide bonds. The average Bonchev–Trinajstić information content (AvgIpc) is 3.72. The summed E-state index contributed by atoms with van der Waals surface area (Å²) >= 11 is 0. The molecule has 0 unspecified atom stereocenters. The Bertz CT molecular complexity index is 1250. The number of nitrogens with one attached hydrogen (secondary N) is 2. The maximum Gasteiger partial charge on any atom is 0.265 e. The molecule has 2 aromatic rings. The van der Waals surface area contributed by atoms with Crippen molar-refractivity contribution in [2.75, 3.05) is 49.8 Å². The number of amides is 3. The molecule has 40 heavy (non-hydrogen) atoms. The van der Waals surface area contributed by atoms with Crippen LogP contribution in [-0.4, -0.2) is 69.8 Å². The van der Waals surface area contributed by atoms with E-state index in [0.717, 1.165) is 31.4 Å². The lowest BCUT2D eigenvalue weighted by molar-refractivity contribution is -0.129. The van der Waals surface area contributed by atoms with Gasteiger partial charge in [-0.1, -0.05) is 24.3 Å². The van der Waals surface area contributed by atoms with Gasteiger partial charge >= 0.3 is 0 Å². The summed E-state index contributed by atoms with van der Waals surface area (Å²) in [6.45, 7) is 2.22. The van der Waals surface area contributed by atoms with Gasteiger partial charge in [-0.15, -0.1) is 0 Å². The lowest BCUT2D eigenvalue weighted by Gasteiger charge is -2.35. The molecule has 2 atom stereocenters. The highest BCUT2D eigenvalue weighted by Gasteiger charge is 2.41. The van der Waals surface area contributed by atoms with Crippen molar-refractivity contribution in [3.63, 3.8) is 0 Å². The zero-order valence-corrected chi connectivity index (χ0v) is 23.1. The minimum Gasteiger partial charge on any atom is -0.482 e. The van der Waals surface area contributed by atoms with Gasteiger partial charge in [-0.25, -0.2) is 0 Å². The third-order valence-corrected chi connectivity index (χ3v) is 8.51. The first kappa shape index (κ1) is 26.8. The van der Waals surface area contributed by atoms with E-state index in [-0.39, 0.29) is 48.2 Å². The smallest absolute Gasteiger partial charge is 0.265 e. The largest absolute Gasteiger partial charge is 0.482 e. The Hall–Kier alpha value is -3.43. The summed E-state index contributed by atoms with van der Waals surface area (Å²) in [6, 6.07) is 14.3. The quantitative estimate of drug-likeness (QED) is 0.469. The number of hydrogen-bond acceptors (Lipinski definition) is 6. The van der Waals surface area contributed by atoms with Crippen molar-refractivity contribution in [2.45, 2.75) is 50.6 Å². The van der Waals surface area contributed by atoms with E-state index in [1.165, 1.54) is 11.1 Å². The third-order valence-electron chi connectivity index (χ3n) is 8.51. The zero-order valence-electron chi connectivity index (χ0n) is 23.1. The second-order valence-electron chi connectivity index (χ2n) is 11.4. The van der Waals surface area contributed by atoms with E-state index in [4.69, 9.17) is 9.47 Å². The predicted octanol–water partition coefficient (Wildman–Crippen LogP) is 2.45. The van der Waals surface area contributed by atoms with Crippen LogP contribution in [0.25, 0.3) is 0 Å². The standard InChI is InChI=1S/C31H38N4O5/c1-39-12-4-11-34-27-16-26(9-10-28(27)40-19-29(34)36)35(25-7-8-25)31(38)23-13-22(17-32-18-23)30(37)33-24-14-20-5-2-3-6-21(20)15-24/h2-3,5-6,9-10,16,22-25,32H,4,7-8,11-15,17-19H2,1H3,(H,33,37)/t22-,23+/m0/s1. The van der Waals surface area contributed by atoms with Crippen molar-refractivity contribution < 1.29 is 23.9 Å². The minimum absolute atomic E-state index is 0.00867. The number of nitrogens with zero attached hydrogens (tertiary/aromatic N) is 2. The maximum absolute atomic E-state index is 14.0. The van der Waals surface area contributed by atoms with Gasteiger partial charge < -0.3 is 29.9 Å². The molecule has 212 valence electrons. The van der Waals surface area contributed by atoms with Crippen LogP contribution in [-0.2, 0) is 32.0 Å².